The van der Waals surface area contributed by atoms with Gasteiger partial charge in [-0.05, 0) is 24.6 Å². The molecule has 0 unspecified atom stereocenters. The van der Waals surface area contributed by atoms with Crippen molar-refractivity contribution >= 4 is 11.6 Å². The fourth-order valence-corrected chi connectivity index (χ4v) is 1.49. The molecule has 5 heteroatoms. The van der Waals surface area contributed by atoms with Crippen LogP contribution in [0.4, 0.5) is 5.69 Å². The van der Waals surface area contributed by atoms with Crippen molar-refractivity contribution in [1.82, 2.24) is 15.3 Å². The molecule has 1 aromatic heterocycles. The lowest BCUT2D eigenvalue weighted by Gasteiger charge is -2.05. The first-order chi connectivity index (χ1) is 8.65. The Bertz CT molecular complexity index is 551. The molecule has 0 aliphatic carbocycles. The minimum absolute atomic E-state index is 0.245. The normalized spacial score (nSPS) is 10.1. The van der Waals surface area contributed by atoms with Gasteiger partial charge in [-0.3, -0.25) is 9.78 Å². The Balaban J connectivity index is 1.98. The number of aryl methyl sites for hydroxylation is 1. The molecular formula is C13H14N4O. The summed E-state index contributed by atoms with van der Waals surface area (Å²) in [7, 11) is 0. The molecule has 0 saturated heterocycles. The van der Waals surface area contributed by atoms with E-state index in [-0.39, 0.29) is 5.91 Å². The Morgan fingerprint density at radius 2 is 2.17 bits per heavy atom. The van der Waals surface area contributed by atoms with E-state index in [4.69, 9.17) is 5.73 Å². The van der Waals surface area contributed by atoms with Gasteiger partial charge in [-0.15, -0.1) is 0 Å². The van der Waals surface area contributed by atoms with Crippen molar-refractivity contribution in [2.45, 2.75) is 13.5 Å². The number of nitrogens with zero attached hydrogens (tertiary/aromatic N) is 2. The van der Waals surface area contributed by atoms with Gasteiger partial charge in [-0.2, -0.15) is 0 Å². The van der Waals surface area contributed by atoms with Crippen LogP contribution in [-0.4, -0.2) is 15.9 Å². The fourth-order valence-electron chi connectivity index (χ4n) is 1.49. The molecule has 0 aliphatic rings. The Hall–Kier alpha value is -2.43. The number of anilines is 1. The van der Waals surface area contributed by atoms with E-state index < -0.39 is 0 Å². The number of nitrogen functional groups attached to an aromatic ring is 1. The maximum absolute atomic E-state index is 11.8. The standard InChI is InChI=1S/C13H14N4O/c1-9-6-16-12(8-15-9)13(18)17-7-10-3-2-4-11(14)5-10/h2-6,8H,7,14H2,1H3,(H,17,18). The van der Waals surface area contributed by atoms with Crippen molar-refractivity contribution in [3.05, 3.63) is 53.6 Å². The van der Waals surface area contributed by atoms with Crippen LogP contribution in [-0.2, 0) is 6.54 Å². The van der Waals surface area contributed by atoms with Crippen LogP contribution in [0.3, 0.4) is 0 Å². The number of amides is 1. The van der Waals surface area contributed by atoms with Crippen LogP contribution in [0.15, 0.2) is 36.7 Å². The summed E-state index contributed by atoms with van der Waals surface area (Å²) in [5.41, 5.74) is 8.37. The average molecular weight is 242 g/mol. The molecule has 0 fully saturated rings. The van der Waals surface area contributed by atoms with Gasteiger partial charge < -0.3 is 11.1 Å². The molecule has 0 saturated carbocycles. The van der Waals surface area contributed by atoms with Gasteiger partial charge in [-0.25, -0.2) is 4.98 Å². The van der Waals surface area contributed by atoms with Gasteiger partial charge in [0.15, 0.2) is 0 Å². The first-order valence-electron chi connectivity index (χ1n) is 5.56. The largest absolute Gasteiger partial charge is 0.399 e. The number of benzene rings is 1. The summed E-state index contributed by atoms with van der Waals surface area (Å²) >= 11 is 0. The van der Waals surface area contributed by atoms with Crippen molar-refractivity contribution in [1.29, 1.82) is 0 Å². The zero-order valence-corrected chi connectivity index (χ0v) is 10.1. The summed E-state index contributed by atoms with van der Waals surface area (Å²) in [6, 6.07) is 7.37. The van der Waals surface area contributed by atoms with Crippen LogP contribution < -0.4 is 11.1 Å². The third-order valence-electron chi connectivity index (χ3n) is 2.42. The molecule has 5 nitrogen and oxygen atoms in total. The minimum atomic E-state index is -0.245. The second kappa shape index (κ2) is 5.27. The highest BCUT2D eigenvalue weighted by molar-refractivity contribution is 5.91. The van der Waals surface area contributed by atoms with Crippen LogP contribution in [0, 0.1) is 6.92 Å². The number of hydrogen-bond acceptors (Lipinski definition) is 4. The highest BCUT2D eigenvalue weighted by Gasteiger charge is 2.06. The lowest BCUT2D eigenvalue weighted by Crippen LogP contribution is -2.24. The van der Waals surface area contributed by atoms with Gasteiger partial charge in [0.2, 0.25) is 0 Å². The Morgan fingerprint density at radius 3 is 2.83 bits per heavy atom. The summed E-state index contributed by atoms with van der Waals surface area (Å²) in [6.07, 6.45) is 3.03. The lowest BCUT2D eigenvalue weighted by molar-refractivity contribution is 0.0945. The number of nitrogens with one attached hydrogen (secondary N) is 1. The molecule has 0 atom stereocenters. The maximum atomic E-state index is 11.8. The van der Waals surface area contributed by atoms with Gasteiger partial charge in [-0.1, -0.05) is 12.1 Å². The lowest BCUT2D eigenvalue weighted by atomic mass is 10.2. The van der Waals surface area contributed by atoms with E-state index in [1.165, 1.54) is 6.20 Å². The second-order valence-corrected chi connectivity index (χ2v) is 3.97. The smallest absolute Gasteiger partial charge is 0.271 e. The fraction of sp³-hybridized carbons (Fsp3) is 0.154. The van der Waals surface area contributed by atoms with Gasteiger partial charge in [0, 0.05) is 18.4 Å². The van der Waals surface area contributed by atoms with Crippen molar-refractivity contribution in [3.8, 4) is 0 Å². The zero-order chi connectivity index (χ0) is 13.0. The number of aromatic nitrogens is 2. The summed E-state index contributed by atoms with van der Waals surface area (Å²) < 4.78 is 0. The number of carbonyl (C=O) groups is 1. The van der Waals surface area contributed by atoms with E-state index >= 15 is 0 Å². The van der Waals surface area contributed by atoms with Gasteiger partial charge in [0.05, 0.1) is 11.9 Å². The highest BCUT2D eigenvalue weighted by Crippen LogP contribution is 2.06. The second-order valence-electron chi connectivity index (χ2n) is 3.97. The maximum Gasteiger partial charge on any atom is 0.271 e. The first-order valence-corrected chi connectivity index (χ1v) is 5.56. The monoisotopic (exact) mass is 242 g/mol. The molecule has 0 spiro atoms. The van der Waals surface area contributed by atoms with Gasteiger partial charge in [0.1, 0.15) is 5.69 Å². The summed E-state index contributed by atoms with van der Waals surface area (Å²) in [5.74, 6) is -0.245. The SMILES string of the molecule is Cc1cnc(C(=O)NCc2cccc(N)c2)cn1. The summed E-state index contributed by atoms with van der Waals surface area (Å²) in [6.45, 7) is 2.24. The Morgan fingerprint density at radius 1 is 1.33 bits per heavy atom. The predicted molar refractivity (Wildman–Crippen MR) is 68.8 cm³/mol. The van der Waals surface area contributed by atoms with Crippen molar-refractivity contribution in [2.24, 2.45) is 0 Å². The van der Waals surface area contributed by atoms with Crippen LogP contribution in [0.2, 0.25) is 0 Å². The number of nitrogens with two attached hydrogens (primary N) is 1. The Labute approximate surface area is 105 Å². The molecule has 92 valence electrons. The molecule has 18 heavy (non-hydrogen) atoms. The average Bonchev–Trinajstić information content (AvgIpc) is 2.37. The van der Waals surface area contributed by atoms with Crippen molar-refractivity contribution < 1.29 is 4.79 Å². The topological polar surface area (TPSA) is 80.9 Å². The molecule has 0 bridgehead atoms. The molecule has 0 radical (unpaired) electrons. The number of hydrogen-bond donors (Lipinski definition) is 2. The number of rotatable bonds is 3. The van der Waals surface area contributed by atoms with Gasteiger partial charge in [0.25, 0.3) is 5.91 Å². The van der Waals surface area contributed by atoms with E-state index in [0.717, 1.165) is 11.3 Å². The van der Waals surface area contributed by atoms with E-state index in [1.54, 1.807) is 12.3 Å². The highest BCUT2D eigenvalue weighted by atomic mass is 16.1. The predicted octanol–water partition coefficient (Wildman–Crippen LogP) is 1.30. The molecule has 1 amide bonds. The third-order valence-corrected chi connectivity index (χ3v) is 2.42. The number of carbonyl (C=O) groups excluding carboxylic acids is 1. The third kappa shape index (κ3) is 3.04. The first kappa shape index (κ1) is 12.0. The van der Waals surface area contributed by atoms with E-state index in [9.17, 15) is 4.79 Å². The van der Waals surface area contributed by atoms with Crippen molar-refractivity contribution in [3.63, 3.8) is 0 Å². The Kier molecular flexibility index (Phi) is 3.52. The summed E-state index contributed by atoms with van der Waals surface area (Å²) in [5, 5.41) is 2.76. The van der Waals surface area contributed by atoms with E-state index in [0.29, 0.717) is 17.9 Å². The van der Waals surface area contributed by atoms with E-state index in [2.05, 4.69) is 15.3 Å². The quantitative estimate of drug-likeness (QED) is 0.795. The van der Waals surface area contributed by atoms with Gasteiger partial charge >= 0.3 is 0 Å². The molecule has 2 aromatic rings. The minimum Gasteiger partial charge on any atom is -0.399 e. The van der Waals surface area contributed by atoms with Crippen LogP contribution in [0.1, 0.15) is 21.7 Å². The molecule has 0 aliphatic heterocycles. The molecular weight excluding hydrogens is 228 g/mol. The van der Waals surface area contributed by atoms with Crippen LogP contribution in [0.5, 0.6) is 0 Å². The summed E-state index contributed by atoms with van der Waals surface area (Å²) in [4.78, 5) is 19.8. The van der Waals surface area contributed by atoms with Crippen LogP contribution >= 0.6 is 0 Å². The molecule has 1 heterocycles. The molecule has 1 aromatic carbocycles. The molecule has 2 rings (SSSR count). The van der Waals surface area contributed by atoms with Crippen LogP contribution in [0.25, 0.3) is 0 Å². The van der Waals surface area contributed by atoms with E-state index in [1.807, 2.05) is 25.1 Å². The molecule has 3 N–H and O–H groups in total. The van der Waals surface area contributed by atoms with Crippen molar-refractivity contribution in [2.75, 3.05) is 5.73 Å². The zero-order valence-electron chi connectivity index (χ0n) is 10.1.